The van der Waals surface area contributed by atoms with Crippen LogP contribution in [-0.4, -0.2) is 54.4 Å². The number of hydrogen-bond donors (Lipinski definition) is 0. The zero-order chi connectivity index (χ0) is 13.3. The first-order valence-corrected chi connectivity index (χ1v) is 7.01. The lowest BCUT2D eigenvalue weighted by molar-refractivity contribution is -0.120. The van der Waals surface area contributed by atoms with Gasteiger partial charge in [0, 0.05) is 44.5 Å². The molecule has 2 fully saturated rings. The first kappa shape index (κ1) is 12.6. The van der Waals surface area contributed by atoms with Crippen molar-refractivity contribution in [3.63, 3.8) is 0 Å². The molecule has 0 bridgehead atoms. The third-order valence-corrected chi connectivity index (χ3v) is 4.85. The van der Waals surface area contributed by atoms with Crippen LogP contribution in [0, 0.1) is 5.41 Å². The molecule has 1 aromatic heterocycles. The van der Waals surface area contributed by atoms with Gasteiger partial charge in [-0.2, -0.15) is 0 Å². The molecule has 3 heterocycles. The SMILES string of the molecule is CN1CC(c2cccnc2)C2(CCN(C=O)CC2)C1. The molecule has 0 saturated carbocycles. The zero-order valence-corrected chi connectivity index (χ0v) is 11.5. The summed E-state index contributed by atoms with van der Waals surface area (Å²) in [5.74, 6) is 0.556. The van der Waals surface area contributed by atoms with Crippen molar-refractivity contribution < 1.29 is 4.79 Å². The number of pyridine rings is 1. The molecule has 2 aliphatic rings. The molecule has 1 spiro atoms. The molecule has 4 nitrogen and oxygen atoms in total. The Morgan fingerprint density at radius 3 is 2.84 bits per heavy atom. The second kappa shape index (κ2) is 4.93. The number of hydrogen-bond acceptors (Lipinski definition) is 3. The number of rotatable bonds is 2. The van der Waals surface area contributed by atoms with Crippen LogP contribution in [0.15, 0.2) is 24.5 Å². The molecule has 0 aromatic carbocycles. The normalized spacial score (nSPS) is 26.8. The van der Waals surface area contributed by atoms with Gasteiger partial charge in [-0.25, -0.2) is 0 Å². The number of likely N-dealkylation sites (tertiary alicyclic amines) is 2. The number of piperidine rings is 1. The molecular formula is C15H21N3O. The molecule has 2 saturated heterocycles. The first-order chi connectivity index (χ1) is 9.23. The molecule has 2 aliphatic heterocycles. The van der Waals surface area contributed by atoms with E-state index in [2.05, 4.69) is 23.0 Å². The van der Waals surface area contributed by atoms with Gasteiger partial charge in [-0.15, -0.1) is 0 Å². The molecule has 1 atom stereocenters. The summed E-state index contributed by atoms with van der Waals surface area (Å²) in [5.41, 5.74) is 1.68. The number of carbonyl (C=O) groups excluding carboxylic acids is 1. The predicted octanol–water partition coefficient (Wildman–Crippen LogP) is 1.35. The fraction of sp³-hybridized carbons (Fsp3) is 0.600. The highest BCUT2D eigenvalue weighted by atomic mass is 16.1. The smallest absolute Gasteiger partial charge is 0.209 e. The van der Waals surface area contributed by atoms with Crippen molar-refractivity contribution in [1.82, 2.24) is 14.8 Å². The summed E-state index contributed by atoms with van der Waals surface area (Å²) in [4.78, 5) is 19.5. The van der Waals surface area contributed by atoms with Crippen LogP contribution in [0.3, 0.4) is 0 Å². The Hall–Kier alpha value is -1.42. The maximum atomic E-state index is 10.9. The van der Waals surface area contributed by atoms with Crippen LogP contribution in [0.4, 0.5) is 0 Å². The Morgan fingerprint density at radius 1 is 1.42 bits per heavy atom. The van der Waals surface area contributed by atoms with Crippen molar-refractivity contribution in [1.29, 1.82) is 0 Å². The predicted molar refractivity (Wildman–Crippen MR) is 73.8 cm³/mol. The molecular weight excluding hydrogens is 238 g/mol. The Balaban J connectivity index is 1.85. The lowest BCUT2D eigenvalue weighted by atomic mass is 9.68. The van der Waals surface area contributed by atoms with E-state index in [4.69, 9.17) is 0 Å². The zero-order valence-electron chi connectivity index (χ0n) is 11.5. The molecule has 0 N–H and O–H groups in total. The lowest BCUT2D eigenvalue weighted by Gasteiger charge is -2.41. The molecule has 1 aromatic rings. The Morgan fingerprint density at radius 2 is 2.21 bits per heavy atom. The van der Waals surface area contributed by atoms with Gasteiger partial charge in [-0.3, -0.25) is 9.78 Å². The van der Waals surface area contributed by atoms with Gasteiger partial charge >= 0.3 is 0 Å². The molecule has 102 valence electrons. The van der Waals surface area contributed by atoms with E-state index in [1.54, 1.807) is 0 Å². The monoisotopic (exact) mass is 259 g/mol. The fourth-order valence-electron chi connectivity index (χ4n) is 3.84. The quantitative estimate of drug-likeness (QED) is 0.752. The number of aromatic nitrogens is 1. The highest BCUT2D eigenvalue weighted by Crippen LogP contribution is 2.48. The molecule has 0 radical (unpaired) electrons. The molecule has 1 unspecified atom stereocenters. The first-order valence-electron chi connectivity index (χ1n) is 7.01. The Labute approximate surface area is 114 Å². The fourth-order valence-corrected chi connectivity index (χ4v) is 3.84. The van der Waals surface area contributed by atoms with Crippen molar-refractivity contribution in [2.24, 2.45) is 5.41 Å². The summed E-state index contributed by atoms with van der Waals surface area (Å²) in [6, 6.07) is 4.23. The van der Waals surface area contributed by atoms with Crippen LogP contribution in [-0.2, 0) is 4.79 Å². The summed E-state index contributed by atoms with van der Waals surface area (Å²) in [6.07, 6.45) is 7.05. The topological polar surface area (TPSA) is 36.4 Å². The van der Waals surface area contributed by atoms with Crippen LogP contribution >= 0.6 is 0 Å². The number of nitrogens with zero attached hydrogens (tertiary/aromatic N) is 3. The van der Waals surface area contributed by atoms with Crippen LogP contribution in [0.2, 0.25) is 0 Å². The van der Waals surface area contributed by atoms with Crippen LogP contribution in [0.1, 0.15) is 24.3 Å². The Kier molecular flexibility index (Phi) is 3.27. The molecule has 4 heteroatoms. The van der Waals surface area contributed by atoms with Gasteiger partial charge in [0.2, 0.25) is 6.41 Å². The third-order valence-electron chi connectivity index (χ3n) is 4.85. The molecule has 1 amide bonds. The van der Waals surface area contributed by atoms with E-state index in [1.807, 2.05) is 23.4 Å². The largest absolute Gasteiger partial charge is 0.345 e. The molecule has 0 aliphatic carbocycles. The second-order valence-corrected chi connectivity index (χ2v) is 6.04. The van der Waals surface area contributed by atoms with Crippen LogP contribution in [0.25, 0.3) is 0 Å². The van der Waals surface area contributed by atoms with Gasteiger partial charge in [-0.1, -0.05) is 6.07 Å². The number of carbonyl (C=O) groups is 1. The maximum absolute atomic E-state index is 10.9. The maximum Gasteiger partial charge on any atom is 0.209 e. The van der Waals surface area contributed by atoms with Crippen LogP contribution in [0.5, 0.6) is 0 Å². The van der Waals surface area contributed by atoms with E-state index < -0.39 is 0 Å². The summed E-state index contributed by atoms with van der Waals surface area (Å²) >= 11 is 0. The van der Waals surface area contributed by atoms with E-state index in [1.165, 1.54) is 5.56 Å². The van der Waals surface area contributed by atoms with Crippen molar-refractivity contribution >= 4 is 6.41 Å². The van der Waals surface area contributed by atoms with Gasteiger partial charge in [0.25, 0.3) is 0 Å². The van der Waals surface area contributed by atoms with Crippen molar-refractivity contribution in [3.8, 4) is 0 Å². The van der Waals surface area contributed by atoms with Gasteiger partial charge in [0.15, 0.2) is 0 Å². The van der Waals surface area contributed by atoms with Gasteiger partial charge in [-0.05, 0) is 36.9 Å². The highest BCUT2D eigenvalue weighted by Gasteiger charge is 2.47. The average molecular weight is 259 g/mol. The van der Waals surface area contributed by atoms with E-state index >= 15 is 0 Å². The summed E-state index contributed by atoms with van der Waals surface area (Å²) in [7, 11) is 2.20. The summed E-state index contributed by atoms with van der Waals surface area (Å²) in [5, 5.41) is 0. The van der Waals surface area contributed by atoms with Gasteiger partial charge in [0.1, 0.15) is 0 Å². The summed E-state index contributed by atoms with van der Waals surface area (Å²) < 4.78 is 0. The van der Waals surface area contributed by atoms with E-state index in [9.17, 15) is 4.79 Å². The second-order valence-electron chi connectivity index (χ2n) is 6.04. The third kappa shape index (κ3) is 2.25. The summed E-state index contributed by atoms with van der Waals surface area (Å²) in [6.45, 7) is 4.04. The van der Waals surface area contributed by atoms with Crippen molar-refractivity contribution in [2.75, 3.05) is 33.2 Å². The Bertz CT molecular complexity index is 440. The van der Waals surface area contributed by atoms with E-state index in [0.29, 0.717) is 11.3 Å². The van der Waals surface area contributed by atoms with Crippen LogP contribution < -0.4 is 0 Å². The molecule has 3 rings (SSSR count). The highest BCUT2D eigenvalue weighted by molar-refractivity contribution is 5.47. The van der Waals surface area contributed by atoms with Gasteiger partial charge in [0.05, 0.1) is 0 Å². The number of likely N-dealkylation sites (N-methyl/N-ethyl adjacent to an activating group) is 1. The van der Waals surface area contributed by atoms with E-state index in [0.717, 1.165) is 45.4 Å². The van der Waals surface area contributed by atoms with Crippen molar-refractivity contribution in [3.05, 3.63) is 30.1 Å². The minimum Gasteiger partial charge on any atom is -0.345 e. The van der Waals surface area contributed by atoms with E-state index in [-0.39, 0.29) is 0 Å². The molecule has 19 heavy (non-hydrogen) atoms. The van der Waals surface area contributed by atoms with Gasteiger partial charge < -0.3 is 9.80 Å². The standard InChI is InChI=1S/C15H21N3O/c1-17-10-14(13-3-2-6-16-9-13)15(11-17)4-7-18(12-19)8-5-15/h2-3,6,9,12,14H,4-5,7-8,10-11H2,1H3. The average Bonchev–Trinajstić information content (AvgIpc) is 2.77. The minimum atomic E-state index is 0.331. The minimum absolute atomic E-state index is 0.331. The van der Waals surface area contributed by atoms with Crippen molar-refractivity contribution in [2.45, 2.75) is 18.8 Å². The number of amides is 1. The lowest BCUT2D eigenvalue weighted by Crippen LogP contribution is -2.43.